The molecule has 1 saturated heterocycles. The van der Waals surface area contributed by atoms with E-state index in [1.165, 1.54) is 0 Å². The summed E-state index contributed by atoms with van der Waals surface area (Å²) in [6.07, 6.45) is 0.700. The summed E-state index contributed by atoms with van der Waals surface area (Å²) in [7, 11) is -2.15. The zero-order valence-corrected chi connectivity index (χ0v) is 18.1. The zero-order chi connectivity index (χ0) is 22.2. The van der Waals surface area contributed by atoms with E-state index < -0.39 is 26.6 Å². The van der Waals surface area contributed by atoms with Crippen LogP contribution in [0.3, 0.4) is 0 Å². The average Bonchev–Trinajstić information content (AvgIpc) is 2.94. The first-order valence-corrected chi connectivity index (χ1v) is 11.7. The number of rotatable bonds is 3. The summed E-state index contributed by atoms with van der Waals surface area (Å²) in [6, 6.07) is 10.4. The molecule has 2 aliphatic rings. The third-order valence-electron chi connectivity index (χ3n) is 6.10. The molecule has 0 N–H and O–H groups in total. The lowest BCUT2D eigenvalue weighted by molar-refractivity contribution is -0.137. The van der Waals surface area contributed by atoms with Gasteiger partial charge in [0.1, 0.15) is 16.5 Å². The molecule has 6 nitrogen and oxygen atoms in total. The van der Waals surface area contributed by atoms with Gasteiger partial charge in [0.2, 0.25) is 15.9 Å². The van der Waals surface area contributed by atoms with Crippen LogP contribution in [0.4, 0.5) is 14.5 Å². The number of benzene rings is 2. The van der Waals surface area contributed by atoms with Gasteiger partial charge in [0.05, 0.1) is 0 Å². The Morgan fingerprint density at radius 1 is 1.00 bits per heavy atom. The third-order valence-corrected chi connectivity index (χ3v) is 8.01. The Balaban J connectivity index is 1.44. The summed E-state index contributed by atoms with van der Waals surface area (Å²) < 4.78 is 54.2. The molecule has 1 fully saturated rings. The quantitative estimate of drug-likeness (QED) is 0.723. The molecule has 166 valence electrons. The SMILES string of the molecule is CN1CCN(C(=O)C2CCN(S(=O)(=O)c3cc(F)ccc3F)CC2)Cc2ccccc21. The summed E-state index contributed by atoms with van der Waals surface area (Å²) in [6.45, 7) is 2.02. The van der Waals surface area contributed by atoms with E-state index in [4.69, 9.17) is 0 Å². The van der Waals surface area contributed by atoms with Crippen molar-refractivity contribution in [2.75, 3.05) is 38.1 Å². The number of carbonyl (C=O) groups is 1. The lowest BCUT2D eigenvalue weighted by Gasteiger charge is -2.33. The summed E-state index contributed by atoms with van der Waals surface area (Å²) in [4.78, 5) is 16.5. The molecule has 0 aliphatic carbocycles. The third kappa shape index (κ3) is 4.29. The molecule has 0 atom stereocenters. The number of piperidine rings is 1. The van der Waals surface area contributed by atoms with Crippen molar-refractivity contribution in [2.45, 2.75) is 24.3 Å². The Morgan fingerprint density at radius 2 is 1.71 bits per heavy atom. The molecule has 2 aromatic rings. The number of carbonyl (C=O) groups excluding carboxylic acids is 1. The molecule has 2 heterocycles. The monoisotopic (exact) mass is 449 g/mol. The average molecular weight is 450 g/mol. The summed E-state index contributed by atoms with van der Waals surface area (Å²) in [5.74, 6) is -2.07. The maximum Gasteiger partial charge on any atom is 0.246 e. The summed E-state index contributed by atoms with van der Waals surface area (Å²) >= 11 is 0. The van der Waals surface area contributed by atoms with Crippen molar-refractivity contribution in [2.24, 2.45) is 5.92 Å². The molecule has 0 aromatic heterocycles. The molecule has 0 unspecified atom stereocenters. The fourth-order valence-electron chi connectivity index (χ4n) is 4.30. The molecule has 4 rings (SSSR count). The number of para-hydroxylation sites is 1. The Kier molecular flexibility index (Phi) is 5.98. The van der Waals surface area contributed by atoms with Gasteiger partial charge in [-0.1, -0.05) is 18.2 Å². The second kappa shape index (κ2) is 8.55. The normalized spacial score (nSPS) is 18.5. The van der Waals surface area contributed by atoms with Crippen molar-refractivity contribution < 1.29 is 22.0 Å². The van der Waals surface area contributed by atoms with Crippen molar-refractivity contribution in [1.82, 2.24) is 9.21 Å². The summed E-state index contributed by atoms with van der Waals surface area (Å²) in [5.41, 5.74) is 2.19. The first kappa shape index (κ1) is 21.7. The fraction of sp³-hybridized carbons (Fsp3) is 0.409. The van der Waals surface area contributed by atoms with Gasteiger partial charge in [0, 0.05) is 51.4 Å². The predicted molar refractivity (Wildman–Crippen MR) is 113 cm³/mol. The van der Waals surface area contributed by atoms with Crippen LogP contribution in [0.15, 0.2) is 47.4 Å². The van der Waals surface area contributed by atoms with E-state index in [1.54, 1.807) is 0 Å². The topological polar surface area (TPSA) is 60.9 Å². The van der Waals surface area contributed by atoms with Crippen LogP contribution in [0.5, 0.6) is 0 Å². The number of hydrogen-bond acceptors (Lipinski definition) is 4. The fourth-order valence-corrected chi connectivity index (χ4v) is 5.84. The van der Waals surface area contributed by atoms with Gasteiger partial charge < -0.3 is 9.80 Å². The number of amides is 1. The van der Waals surface area contributed by atoms with Gasteiger partial charge in [-0.15, -0.1) is 0 Å². The van der Waals surface area contributed by atoms with Crippen LogP contribution in [-0.2, 0) is 21.4 Å². The number of halogens is 2. The van der Waals surface area contributed by atoms with Crippen molar-refractivity contribution >= 4 is 21.6 Å². The van der Waals surface area contributed by atoms with Crippen LogP contribution in [0, 0.1) is 17.6 Å². The highest BCUT2D eigenvalue weighted by atomic mass is 32.2. The van der Waals surface area contributed by atoms with Crippen LogP contribution in [-0.4, -0.2) is 56.8 Å². The van der Waals surface area contributed by atoms with E-state index in [0.29, 0.717) is 32.0 Å². The first-order chi connectivity index (χ1) is 14.8. The van der Waals surface area contributed by atoms with E-state index in [0.717, 1.165) is 34.2 Å². The number of nitrogens with zero attached hydrogens (tertiary/aromatic N) is 3. The van der Waals surface area contributed by atoms with Gasteiger partial charge in [-0.25, -0.2) is 17.2 Å². The highest BCUT2D eigenvalue weighted by molar-refractivity contribution is 7.89. The standard InChI is InChI=1S/C22H25F2N3O3S/c1-25-12-13-26(15-17-4-2-3-5-20(17)25)22(28)16-8-10-27(11-9-16)31(29,30)21-14-18(23)6-7-19(21)24/h2-7,14,16H,8-13,15H2,1H3. The first-order valence-electron chi connectivity index (χ1n) is 10.3. The molecule has 9 heteroatoms. The van der Waals surface area contributed by atoms with Gasteiger partial charge in [-0.05, 0) is 42.7 Å². The predicted octanol–water partition coefficient (Wildman–Crippen LogP) is 2.84. The van der Waals surface area contributed by atoms with E-state index in [2.05, 4.69) is 4.90 Å². The molecule has 0 radical (unpaired) electrons. The van der Waals surface area contributed by atoms with Gasteiger partial charge >= 0.3 is 0 Å². The Hall–Kier alpha value is -2.52. The highest BCUT2D eigenvalue weighted by Crippen LogP contribution is 2.29. The minimum absolute atomic E-state index is 0.0130. The van der Waals surface area contributed by atoms with Crippen LogP contribution in [0.2, 0.25) is 0 Å². The number of fused-ring (bicyclic) bond motifs is 1. The molecule has 2 aliphatic heterocycles. The van der Waals surface area contributed by atoms with Crippen LogP contribution >= 0.6 is 0 Å². The maximum absolute atomic E-state index is 14.0. The van der Waals surface area contributed by atoms with E-state index >= 15 is 0 Å². The second-order valence-electron chi connectivity index (χ2n) is 8.06. The van der Waals surface area contributed by atoms with E-state index in [9.17, 15) is 22.0 Å². The molecule has 0 saturated carbocycles. The zero-order valence-electron chi connectivity index (χ0n) is 17.3. The van der Waals surface area contributed by atoms with Gasteiger partial charge in [0.15, 0.2) is 0 Å². The number of anilines is 1. The lowest BCUT2D eigenvalue weighted by Crippen LogP contribution is -2.45. The van der Waals surface area contributed by atoms with Crippen LogP contribution in [0.1, 0.15) is 18.4 Å². The summed E-state index contributed by atoms with van der Waals surface area (Å²) in [5, 5.41) is 0. The molecule has 0 spiro atoms. The number of sulfonamides is 1. The van der Waals surface area contributed by atoms with Gasteiger partial charge in [-0.3, -0.25) is 4.79 Å². The van der Waals surface area contributed by atoms with E-state index in [-0.39, 0.29) is 24.9 Å². The minimum atomic E-state index is -4.16. The highest BCUT2D eigenvalue weighted by Gasteiger charge is 2.35. The van der Waals surface area contributed by atoms with Gasteiger partial charge in [0.25, 0.3) is 0 Å². The molecular weight excluding hydrogens is 424 g/mol. The van der Waals surface area contributed by atoms with Crippen LogP contribution < -0.4 is 4.90 Å². The molecule has 31 heavy (non-hydrogen) atoms. The smallest absolute Gasteiger partial charge is 0.246 e. The second-order valence-corrected chi connectivity index (χ2v) is 9.97. The molecule has 1 amide bonds. The largest absolute Gasteiger partial charge is 0.373 e. The Morgan fingerprint density at radius 3 is 2.45 bits per heavy atom. The number of hydrogen-bond donors (Lipinski definition) is 0. The van der Waals surface area contributed by atoms with Crippen molar-refractivity contribution in [3.63, 3.8) is 0 Å². The Labute approximate surface area is 181 Å². The number of likely N-dealkylation sites (N-methyl/N-ethyl adjacent to an activating group) is 1. The molecule has 0 bridgehead atoms. The maximum atomic E-state index is 14.0. The van der Waals surface area contributed by atoms with Gasteiger partial charge in [-0.2, -0.15) is 4.31 Å². The lowest BCUT2D eigenvalue weighted by atomic mass is 9.96. The van der Waals surface area contributed by atoms with Crippen molar-refractivity contribution in [3.05, 3.63) is 59.7 Å². The minimum Gasteiger partial charge on any atom is -0.373 e. The van der Waals surface area contributed by atoms with Crippen LogP contribution in [0.25, 0.3) is 0 Å². The van der Waals surface area contributed by atoms with Crippen molar-refractivity contribution in [1.29, 1.82) is 0 Å². The Bertz CT molecular complexity index is 1090. The molecule has 2 aromatic carbocycles. The van der Waals surface area contributed by atoms with Crippen molar-refractivity contribution in [3.8, 4) is 0 Å². The molecular formula is C22H25F2N3O3S. The van der Waals surface area contributed by atoms with E-state index in [1.807, 2.05) is 36.2 Å².